The number of hydrogen-bond acceptors (Lipinski definition) is 3. The van der Waals surface area contributed by atoms with E-state index in [1.165, 1.54) is 5.56 Å². The highest BCUT2D eigenvalue weighted by atomic mass is 16.6. The molecule has 0 aliphatic carbocycles. The zero-order chi connectivity index (χ0) is 18.7. The van der Waals surface area contributed by atoms with Gasteiger partial charge >= 0.3 is 5.97 Å². The second-order valence-electron chi connectivity index (χ2n) is 8.28. The van der Waals surface area contributed by atoms with Crippen LogP contribution in [0.4, 0.5) is 0 Å². The molecule has 3 nitrogen and oxygen atoms in total. The Morgan fingerprint density at radius 1 is 0.840 bits per heavy atom. The Kier molecular flexibility index (Phi) is 5.56. The van der Waals surface area contributed by atoms with Crippen LogP contribution >= 0.6 is 0 Å². The third-order valence-electron chi connectivity index (χ3n) is 4.00. The molecule has 2 rings (SSSR count). The van der Waals surface area contributed by atoms with Gasteiger partial charge in [0.05, 0.1) is 0 Å². The minimum Gasteiger partial charge on any atom is -0.482 e. The summed E-state index contributed by atoms with van der Waals surface area (Å²) in [5.74, 6) is 0.845. The van der Waals surface area contributed by atoms with Gasteiger partial charge in [-0.25, -0.2) is 4.79 Å². The van der Waals surface area contributed by atoms with E-state index in [-0.39, 0.29) is 17.4 Å². The molecule has 0 bridgehead atoms. The minimum atomic E-state index is -0.406. The number of hydrogen-bond donors (Lipinski definition) is 0. The first-order valence-electron chi connectivity index (χ1n) is 8.61. The molecule has 0 aliphatic rings. The fourth-order valence-electron chi connectivity index (χ4n) is 2.52. The fourth-order valence-corrected chi connectivity index (χ4v) is 2.52. The van der Waals surface area contributed by atoms with Crippen LogP contribution < -0.4 is 9.47 Å². The second-order valence-corrected chi connectivity index (χ2v) is 8.28. The van der Waals surface area contributed by atoms with Crippen LogP contribution in [-0.2, 0) is 15.6 Å². The third kappa shape index (κ3) is 5.35. The van der Waals surface area contributed by atoms with Crippen molar-refractivity contribution in [3.05, 3.63) is 59.7 Å². The van der Waals surface area contributed by atoms with Crippen LogP contribution in [0.2, 0.25) is 0 Å². The summed E-state index contributed by atoms with van der Waals surface area (Å²) in [6, 6.07) is 15.4. The second kappa shape index (κ2) is 7.30. The van der Waals surface area contributed by atoms with Crippen molar-refractivity contribution in [2.45, 2.75) is 52.4 Å². The predicted octanol–water partition coefficient (Wildman–Crippen LogP) is 5.27. The van der Waals surface area contributed by atoms with E-state index in [0.29, 0.717) is 11.5 Å². The Balaban J connectivity index is 1.98. The molecule has 2 aromatic carbocycles. The summed E-state index contributed by atoms with van der Waals surface area (Å²) in [6.07, 6.45) is 0. The standard InChI is InChI=1S/C22H28O3/c1-21(2,3)16-11-13-17(14-12-16)24-15-20(23)25-19-10-8-7-9-18(19)22(4,5)6/h7-14H,15H2,1-6H3. The average Bonchev–Trinajstić information content (AvgIpc) is 2.52. The molecule has 0 atom stereocenters. The van der Waals surface area contributed by atoms with Gasteiger partial charge in [-0.1, -0.05) is 71.9 Å². The lowest BCUT2D eigenvalue weighted by Crippen LogP contribution is -2.21. The number of esters is 1. The summed E-state index contributed by atoms with van der Waals surface area (Å²) in [7, 11) is 0. The summed E-state index contributed by atoms with van der Waals surface area (Å²) in [4.78, 5) is 12.1. The van der Waals surface area contributed by atoms with Gasteiger partial charge in [0.15, 0.2) is 6.61 Å². The van der Waals surface area contributed by atoms with E-state index >= 15 is 0 Å². The van der Waals surface area contributed by atoms with E-state index < -0.39 is 5.97 Å². The molecular weight excluding hydrogens is 312 g/mol. The lowest BCUT2D eigenvalue weighted by Gasteiger charge is -2.22. The van der Waals surface area contributed by atoms with Crippen LogP contribution in [0.5, 0.6) is 11.5 Å². The molecule has 134 valence electrons. The number of rotatable bonds is 4. The largest absolute Gasteiger partial charge is 0.482 e. The summed E-state index contributed by atoms with van der Waals surface area (Å²) in [5.41, 5.74) is 2.22. The molecule has 0 radical (unpaired) electrons. The van der Waals surface area contributed by atoms with Crippen LogP contribution in [0, 0.1) is 0 Å². The fraction of sp³-hybridized carbons (Fsp3) is 0.409. The molecular formula is C22H28O3. The Morgan fingerprint density at radius 3 is 2.00 bits per heavy atom. The molecule has 25 heavy (non-hydrogen) atoms. The number of carbonyl (C=O) groups excluding carboxylic acids is 1. The maximum Gasteiger partial charge on any atom is 0.349 e. The van der Waals surface area contributed by atoms with Crippen molar-refractivity contribution in [2.75, 3.05) is 6.61 Å². The highest BCUT2D eigenvalue weighted by Gasteiger charge is 2.20. The van der Waals surface area contributed by atoms with Crippen molar-refractivity contribution < 1.29 is 14.3 Å². The first-order chi connectivity index (χ1) is 11.6. The number of benzene rings is 2. The maximum absolute atomic E-state index is 12.1. The SMILES string of the molecule is CC(C)(C)c1ccc(OCC(=O)Oc2ccccc2C(C)(C)C)cc1. The van der Waals surface area contributed by atoms with Crippen molar-refractivity contribution in [3.8, 4) is 11.5 Å². The number of carbonyl (C=O) groups is 1. The molecule has 0 aromatic heterocycles. The normalized spacial score (nSPS) is 11.9. The minimum absolute atomic E-state index is 0.0914. The Hall–Kier alpha value is -2.29. The summed E-state index contributed by atoms with van der Waals surface area (Å²) in [5, 5.41) is 0. The molecule has 3 heteroatoms. The third-order valence-corrected chi connectivity index (χ3v) is 4.00. The lowest BCUT2D eigenvalue weighted by atomic mass is 9.86. The van der Waals surface area contributed by atoms with Crippen LogP contribution in [0.15, 0.2) is 48.5 Å². The Labute approximate surface area is 151 Å². The van der Waals surface area contributed by atoms with Gasteiger partial charge in [0.25, 0.3) is 0 Å². The Morgan fingerprint density at radius 2 is 1.44 bits per heavy atom. The molecule has 0 saturated carbocycles. The van der Waals surface area contributed by atoms with E-state index in [4.69, 9.17) is 9.47 Å². The van der Waals surface area contributed by atoms with Gasteiger partial charge in [-0.3, -0.25) is 0 Å². The van der Waals surface area contributed by atoms with Crippen LogP contribution in [0.25, 0.3) is 0 Å². The van der Waals surface area contributed by atoms with E-state index in [0.717, 1.165) is 5.56 Å². The van der Waals surface area contributed by atoms with Gasteiger partial charge in [-0.05, 0) is 34.6 Å². The molecule has 0 heterocycles. The summed E-state index contributed by atoms with van der Waals surface area (Å²) >= 11 is 0. The molecule has 0 amide bonds. The highest BCUT2D eigenvalue weighted by molar-refractivity contribution is 5.74. The maximum atomic E-state index is 12.1. The van der Waals surface area contributed by atoms with Crippen LogP contribution in [-0.4, -0.2) is 12.6 Å². The van der Waals surface area contributed by atoms with Gasteiger partial charge < -0.3 is 9.47 Å². The smallest absolute Gasteiger partial charge is 0.349 e. The predicted molar refractivity (Wildman–Crippen MR) is 101 cm³/mol. The average molecular weight is 340 g/mol. The van der Waals surface area contributed by atoms with Gasteiger partial charge in [-0.2, -0.15) is 0 Å². The van der Waals surface area contributed by atoms with Crippen molar-refractivity contribution in [3.63, 3.8) is 0 Å². The zero-order valence-corrected chi connectivity index (χ0v) is 16.1. The quantitative estimate of drug-likeness (QED) is 0.562. The van der Waals surface area contributed by atoms with Crippen LogP contribution in [0.3, 0.4) is 0 Å². The molecule has 0 N–H and O–H groups in total. The highest BCUT2D eigenvalue weighted by Crippen LogP contribution is 2.31. The summed E-state index contributed by atoms with van der Waals surface area (Å²) in [6.45, 7) is 12.6. The molecule has 0 saturated heterocycles. The van der Waals surface area contributed by atoms with Crippen LogP contribution in [0.1, 0.15) is 52.7 Å². The molecule has 0 fully saturated rings. The van der Waals surface area contributed by atoms with E-state index in [9.17, 15) is 4.79 Å². The van der Waals surface area contributed by atoms with Gasteiger partial charge in [-0.15, -0.1) is 0 Å². The molecule has 2 aromatic rings. The molecule has 0 aliphatic heterocycles. The number of ether oxygens (including phenoxy) is 2. The molecule has 0 spiro atoms. The summed E-state index contributed by atoms with van der Waals surface area (Å²) < 4.78 is 11.1. The first-order valence-corrected chi connectivity index (χ1v) is 8.61. The van der Waals surface area contributed by atoms with E-state index in [2.05, 4.69) is 41.5 Å². The van der Waals surface area contributed by atoms with Gasteiger partial charge in [0.1, 0.15) is 11.5 Å². The van der Waals surface area contributed by atoms with Crippen molar-refractivity contribution in [1.82, 2.24) is 0 Å². The first kappa shape index (κ1) is 19.0. The van der Waals surface area contributed by atoms with Crippen molar-refractivity contribution in [1.29, 1.82) is 0 Å². The topological polar surface area (TPSA) is 35.5 Å². The Bertz CT molecular complexity index is 716. The van der Waals surface area contributed by atoms with E-state index in [1.807, 2.05) is 48.5 Å². The van der Waals surface area contributed by atoms with Gasteiger partial charge in [0, 0.05) is 5.56 Å². The molecule has 0 unspecified atom stereocenters. The van der Waals surface area contributed by atoms with E-state index in [1.54, 1.807) is 0 Å². The zero-order valence-electron chi connectivity index (χ0n) is 16.1. The monoisotopic (exact) mass is 340 g/mol. The van der Waals surface area contributed by atoms with Crippen molar-refractivity contribution >= 4 is 5.97 Å². The van der Waals surface area contributed by atoms with Crippen molar-refractivity contribution in [2.24, 2.45) is 0 Å². The number of para-hydroxylation sites is 1. The van der Waals surface area contributed by atoms with Gasteiger partial charge in [0.2, 0.25) is 0 Å². The lowest BCUT2D eigenvalue weighted by molar-refractivity contribution is -0.136.